The van der Waals surface area contributed by atoms with Gasteiger partial charge in [-0.3, -0.25) is 14.5 Å². The molecule has 1 aliphatic rings. The van der Waals surface area contributed by atoms with E-state index < -0.39 is 11.9 Å². The standard InChI is InChI=1S/C23H18ClFN2O2/c1-15-22(28)26(14-17-6-2-3-7-19(17)24)20-8-4-5-9-21(20)27(15)23(29)16-10-12-18(25)13-11-16/h2-13,15H,14H2,1H3/t15-/m0/s1. The first-order chi connectivity index (χ1) is 14.0. The van der Waals surface area contributed by atoms with Gasteiger partial charge in [-0.25, -0.2) is 4.39 Å². The fourth-order valence-corrected chi connectivity index (χ4v) is 3.73. The molecular weight excluding hydrogens is 391 g/mol. The first-order valence-electron chi connectivity index (χ1n) is 9.20. The Bertz CT molecular complexity index is 1080. The van der Waals surface area contributed by atoms with E-state index in [1.165, 1.54) is 29.2 Å². The van der Waals surface area contributed by atoms with E-state index >= 15 is 0 Å². The molecule has 3 aromatic rings. The molecule has 3 aromatic carbocycles. The van der Waals surface area contributed by atoms with Crippen LogP contribution in [0, 0.1) is 5.82 Å². The average Bonchev–Trinajstić information content (AvgIpc) is 2.73. The van der Waals surface area contributed by atoms with Crippen LogP contribution in [0.25, 0.3) is 0 Å². The summed E-state index contributed by atoms with van der Waals surface area (Å²) in [5.74, 6) is -0.981. The second-order valence-electron chi connectivity index (χ2n) is 6.86. The molecule has 0 saturated heterocycles. The third kappa shape index (κ3) is 3.49. The Kier molecular flexibility index (Phi) is 5.07. The van der Waals surface area contributed by atoms with E-state index in [0.717, 1.165) is 5.56 Å². The molecule has 1 aliphatic heterocycles. The van der Waals surface area contributed by atoms with E-state index in [9.17, 15) is 14.0 Å². The van der Waals surface area contributed by atoms with Gasteiger partial charge in [0, 0.05) is 10.6 Å². The zero-order chi connectivity index (χ0) is 20.5. The molecule has 29 heavy (non-hydrogen) atoms. The van der Waals surface area contributed by atoms with Gasteiger partial charge in [0.25, 0.3) is 5.91 Å². The highest BCUT2D eigenvalue weighted by atomic mass is 35.5. The molecule has 6 heteroatoms. The monoisotopic (exact) mass is 408 g/mol. The zero-order valence-corrected chi connectivity index (χ0v) is 16.4. The number of para-hydroxylation sites is 2. The van der Waals surface area contributed by atoms with Crippen molar-refractivity contribution in [3.8, 4) is 0 Å². The van der Waals surface area contributed by atoms with Gasteiger partial charge in [-0.05, 0) is 55.0 Å². The van der Waals surface area contributed by atoms with Crippen LogP contribution in [-0.2, 0) is 11.3 Å². The number of carbonyl (C=O) groups is 2. The minimum atomic E-state index is -0.718. The summed E-state index contributed by atoms with van der Waals surface area (Å²) in [6.07, 6.45) is 0. The van der Waals surface area contributed by atoms with Crippen molar-refractivity contribution >= 4 is 34.8 Å². The van der Waals surface area contributed by atoms with Crippen LogP contribution in [-0.4, -0.2) is 17.9 Å². The normalized spacial score (nSPS) is 16.0. The summed E-state index contributed by atoms with van der Waals surface area (Å²) in [4.78, 5) is 29.5. The maximum atomic E-state index is 13.3. The van der Waals surface area contributed by atoms with Gasteiger partial charge in [-0.2, -0.15) is 0 Å². The lowest BCUT2D eigenvalue weighted by molar-refractivity contribution is -0.119. The molecule has 1 atom stereocenters. The van der Waals surface area contributed by atoms with Crippen LogP contribution in [0.5, 0.6) is 0 Å². The number of fused-ring (bicyclic) bond motifs is 1. The lowest BCUT2D eigenvalue weighted by atomic mass is 10.0. The number of carbonyl (C=O) groups excluding carboxylic acids is 2. The Hall–Kier alpha value is -3.18. The van der Waals surface area contributed by atoms with E-state index in [0.29, 0.717) is 28.5 Å². The first kappa shape index (κ1) is 19.2. The van der Waals surface area contributed by atoms with Gasteiger partial charge in [0.15, 0.2) is 0 Å². The number of nitrogens with zero attached hydrogens (tertiary/aromatic N) is 2. The third-order valence-electron chi connectivity index (χ3n) is 5.04. The molecule has 0 saturated carbocycles. The Morgan fingerprint density at radius 2 is 1.59 bits per heavy atom. The van der Waals surface area contributed by atoms with Crippen molar-refractivity contribution in [1.82, 2.24) is 0 Å². The van der Waals surface area contributed by atoms with E-state index in [4.69, 9.17) is 11.6 Å². The Balaban J connectivity index is 1.75. The van der Waals surface area contributed by atoms with Gasteiger partial charge >= 0.3 is 0 Å². The summed E-state index contributed by atoms with van der Waals surface area (Å²) >= 11 is 6.29. The maximum absolute atomic E-state index is 13.3. The Morgan fingerprint density at radius 3 is 2.28 bits per heavy atom. The molecular formula is C23H18ClFN2O2. The first-order valence-corrected chi connectivity index (χ1v) is 9.58. The number of rotatable bonds is 3. The molecule has 0 aromatic heterocycles. The molecule has 0 radical (unpaired) electrons. The summed E-state index contributed by atoms with van der Waals surface area (Å²) in [5.41, 5.74) is 2.40. The quantitative estimate of drug-likeness (QED) is 0.607. The number of hydrogen-bond acceptors (Lipinski definition) is 2. The van der Waals surface area contributed by atoms with E-state index in [2.05, 4.69) is 0 Å². The predicted molar refractivity (Wildman–Crippen MR) is 112 cm³/mol. The average molecular weight is 409 g/mol. The van der Waals surface area contributed by atoms with Gasteiger partial charge < -0.3 is 4.90 Å². The lowest BCUT2D eigenvalue weighted by Crippen LogP contribution is -2.54. The van der Waals surface area contributed by atoms with Crippen molar-refractivity contribution < 1.29 is 14.0 Å². The maximum Gasteiger partial charge on any atom is 0.259 e. The molecule has 0 spiro atoms. The largest absolute Gasteiger partial charge is 0.304 e. The molecule has 1 heterocycles. The van der Waals surface area contributed by atoms with Crippen LogP contribution in [0.15, 0.2) is 72.8 Å². The SMILES string of the molecule is C[C@H]1C(=O)N(Cc2ccccc2Cl)c2ccccc2N1C(=O)c1ccc(F)cc1. The molecule has 0 N–H and O–H groups in total. The van der Waals surface area contributed by atoms with E-state index in [-0.39, 0.29) is 11.8 Å². The van der Waals surface area contributed by atoms with Crippen LogP contribution in [0.3, 0.4) is 0 Å². The van der Waals surface area contributed by atoms with Gasteiger partial charge in [0.1, 0.15) is 11.9 Å². The molecule has 0 aliphatic carbocycles. The summed E-state index contributed by atoms with van der Waals surface area (Å²) in [6, 6.07) is 19.2. The van der Waals surface area contributed by atoms with Crippen molar-refractivity contribution in [1.29, 1.82) is 0 Å². The van der Waals surface area contributed by atoms with Crippen LogP contribution in [0.1, 0.15) is 22.8 Å². The van der Waals surface area contributed by atoms with Crippen LogP contribution in [0.4, 0.5) is 15.8 Å². The van der Waals surface area contributed by atoms with Crippen LogP contribution >= 0.6 is 11.6 Å². The van der Waals surface area contributed by atoms with Gasteiger partial charge in [0.2, 0.25) is 5.91 Å². The van der Waals surface area contributed by atoms with Gasteiger partial charge in [-0.15, -0.1) is 0 Å². The smallest absolute Gasteiger partial charge is 0.259 e. The zero-order valence-electron chi connectivity index (χ0n) is 15.7. The number of hydrogen-bond donors (Lipinski definition) is 0. The van der Waals surface area contributed by atoms with E-state index in [1.807, 2.05) is 30.3 Å². The number of benzene rings is 3. The highest BCUT2D eigenvalue weighted by Gasteiger charge is 2.39. The minimum absolute atomic E-state index is 0.209. The van der Waals surface area contributed by atoms with Crippen molar-refractivity contribution in [2.45, 2.75) is 19.5 Å². The lowest BCUT2D eigenvalue weighted by Gasteiger charge is -2.40. The van der Waals surface area contributed by atoms with Crippen molar-refractivity contribution in [2.24, 2.45) is 0 Å². The number of halogens is 2. The summed E-state index contributed by atoms with van der Waals surface area (Å²) in [7, 11) is 0. The molecule has 2 amide bonds. The second kappa shape index (κ2) is 7.68. The van der Waals surface area contributed by atoms with E-state index in [1.54, 1.807) is 30.0 Å². The van der Waals surface area contributed by atoms with Crippen LogP contribution < -0.4 is 9.80 Å². The molecule has 146 valence electrons. The van der Waals surface area contributed by atoms with Crippen molar-refractivity contribution in [3.63, 3.8) is 0 Å². The predicted octanol–water partition coefficient (Wildman–Crippen LogP) is 5.06. The molecule has 4 rings (SSSR count). The molecule has 0 fully saturated rings. The number of amides is 2. The van der Waals surface area contributed by atoms with Crippen molar-refractivity contribution in [3.05, 3.63) is 94.8 Å². The second-order valence-corrected chi connectivity index (χ2v) is 7.27. The van der Waals surface area contributed by atoms with Gasteiger partial charge in [-0.1, -0.05) is 41.9 Å². The van der Waals surface area contributed by atoms with Crippen molar-refractivity contribution in [2.75, 3.05) is 9.80 Å². The van der Waals surface area contributed by atoms with Crippen LogP contribution in [0.2, 0.25) is 5.02 Å². The molecule has 4 nitrogen and oxygen atoms in total. The highest BCUT2D eigenvalue weighted by molar-refractivity contribution is 6.31. The molecule has 0 unspecified atom stereocenters. The molecule has 0 bridgehead atoms. The number of anilines is 2. The Labute approximate surface area is 173 Å². The Morgan fingerprint density at radius 1 is 0.966 bits per heavy atom. The minimum Gasteiger partial charge on any atom is -0.304 e. The fraction of sp³-hybridized carbons (Fsp3) is 0.130. The highest BCUT2D eigenvalue weighted by Crippen LogP contribution is 2.38. The third-order valence-corrected chi connectivity index (χ3v) is 5.41. The van der Waals surface area contributed by atoms with Gasteiger partial charge in [0.05, 0.1) is 17.9 Å². The summed E-state index contributed by atoms with van der Waals surface area (Å²) in [6.45, 7) is 2.00. The fourth-order valence-electron chi connectivity index (χ4n) is 3.54. The summed E-state index contributed by atoms with van der Waals surface area (Å²) < 4.78 is 13.3. The topological polar surface area (TPSA) is 40.6 Å². The summed E-state index contributed by atoms with van der Waals surface area (Å²) in [5, 5.41) is 0.579.